The molecule has 7 nitrogen and oxygen atoms in total. The fourth-order valence-electron chi connectivity index (χ4n) is 4.70. The van der Waals surface area contributed by atoms with Crippen molar-refractivity contribution in [1.82, 2.24) is 19.6 Å². The molecule has 4 aromatic rings. The zero-order valence-corrected chi connectivity index (χ0v) is 17.4. The maximum atomic E-state index is 13.6. The lowest BCUT2D eigenvalue weighted by molar-refractivity contribution is -0.181. The molecule has 6 rings (SSSR count). The number of halogens is 1. The Labute approximate surface area is 183 Å². The molecule has 0 radical (unpaired) electrons. The van der Waals surface area contributed by atoms with Gasteiger partial charge in [-0.3, -0.25) is 0 Å². The lowest BCUT2D eigenvalue weighted by Crippen LogP contribution is -2.33. The summed E-state index contributed by atoms with van der Waals surface area (Å²) in [6.45, 7) is 3.10. The summed E-state index contributed by atoms with van der Waals surface area (Å²) in [6.07, 6.45) is 3.96. The number of nitrogens with zero attached hydrogens (tertiary/aromatic N) is 4. The van der Waals surface area contributed by atoms with E-state index in [1.807, 2.05) is 31.2 Å². The van der Waals surface area contributed by atoms with Gasteiger partial charge in [-0.2, -0.15) is 9.61 Å². The van der Waals surface area contributed by atoms with Crippen LogP contribution in [0.15, 0.2) is 61.1 Å². The number of aromatic nitrogens is 4. The number of pyridine rings is 1. The number of rotatable bonds is 4. The summed E-state index contributed by atoms with van der Waals surface area (Å²) in [4.78, 5) is 8.48. The number of ether oxygens (including phenoxy) is 3. The summed E-state index contributed by atoms with van der Waals surface area (Å²) < 4.78 is 33.5. The summed E-state index contributed by atoms with van der Waals surface area (Å²) in [7, 11) is 0. The third-order valence-electron chi connectivity index (χ3n) is 6.32. The second-order valence-electron chi connectivity index (χ2n) is 8.21. The molecule has 162 valence electrons. The van der Waals surface area contributed by atoms with Crippen molar-refractivity contribution in [3.05, 3.63) is 66.9 Å². The van der Waals surface area contributed by atoms with Gasteiger partial charge in [-0.25, -0.2) is 14.4 Å². The quantitative estimate of drug-likeness (QED) is 0.483. The van der Waals surface area contributed by atoms with Gasteiger partial charge in [-0.05, 0) is 49.7 Å². The second kappa shape index (κ2) is 7.36. The van der Waals surface area contributed by atoms with Crippen LogP contribution in [0.4, 0.5) is 4.39 Å². The van der Waals surface area contributed by atoms with Crippen LogP contribution in [0.1, 0.15) is 13.3 Å². The van der Waals surface area contributed by atoms with Gasteiger partial charge >= 0.3 is 0 Å². The van der Waals surface area contributed by atoms with Crippen LogP contribution in [0.3, 0.4) is 0 Å². The lowest BCUT2D eigenvalue weighted by Gasteiger charge is -2.23. The molecule has 0 aliphatic carbocycles. The molecule has 3 aromatic heterocycles. The van der Waals surface area contributed by atoms with Gasteiger partial charge in [0, 0.05) is 17.8 Å². The largest absolute Gasteiger partial charge is 0.471 e. The van der Waals surface area contributed by atoms with Crippen LogP contribution in [0.2, 0.25) is 0 Å². The Morgan fingerprint density at radius 3 is 2.81 bits per heavy atom. The van der Waals surface area contributed by atoms with Gasteiger partial charge in [0.1, 0.15) is 23.9 Å². The molecular weight excluding hydrogens is 411 g/mol. The SMILES string of the molecule is CC12OCCC1C(Oc1cccc3c(-c4ccncn4)c(-c4ccc(F)cc4)nn13)CO2. The van der Waals surface area contributed by atoms with Crippen LogP contribution in [0.5, 0.6) is 5.88 Å². The summed E-state index contributed by atoms with van der Waals surface area (Å²) in [5.74, 6) is -0.121. The van der Waals surface area contributed by atoms with Crippen LogP contribution < -0.4 is 4.74 Å². The fraction of sp³-hybridized carbons (Fsp3) is 0.292. The molecule has 3 unspecified atom stereocenters. The predicted octanol–water partition coefficient (Wildman–Crippen LogP) is 4.13. The average Bonchev–Trinajstić information content (AvgIpc) is 3.47. The second-order valence-corrected chi connectivity index (χ2v) is 8.21. The molecule has 3 atom stereocenters. The number of hydrogen-bond acceptors (Lipinski definition) is 6. The van der Waals surface area contributed by atoms with Crippen LogP contribution in [0.25, 0.3) is 28.0 Å². The van der Waals surface area contributed by atoms with Crippen molar-refractivity contribution >= 4 is 5.52 Å². The summed E-state index contributed by atoms with van der Waals surface area (Å²) in [5.41, 5.74) is 3.88. The van der Waals surface area contributed by atoms with Gasteiger partial charge in [0.25, 0.3) is 0 Å². The Hall–Kier alpha value is -3.36. The van der Waals surface area contributed by atoms with E-state index in [4.69, 9.17) is 19.3 Å². The fourth-order valence-corrected chi connectivity index (χ4v) is 4.70. The van der Waals surface area contributed by atoms with Gasteiger partial charge in [0.15, 0.2) is 5.79 Å². The van der Waals surface area contributed by atoms with Crippen LogP contribution >= 0.6 is 0 Å². The standard InChI is InChI=1S/C24H21FN4O3/c1-24-17(10-12-30-24)20(13-31-24)32-21-4-2-3-19-22(18-9-11-26-14-27-18)23(28-29(19)21)15-5-7-16(25)8-6-15/h2-9,11,14,17,20H,10,12-13H2,1H3. The average molecular weight is 432 g/mol. The Balaban J connectivity index is 1.48. The van der Waals surface area contributed by atoms with E-state index in [2.05, 4.69) is 9.97 Å². The van der Waals surface area contributed by atoms with Crippen LogP contribution in [-0.2, 0) is 9.47 Å². The van der Waals surface area contributed by atoms with Crippen molar-refractivity contribution in [1.29, 1.82) is 0 Å². The van der Waals surface area contributed by atoms with E-state index in [0.717, 1.165) is 28.8 Å². The van der Waals surface area contributed by atoms with Crippen molar-refractivity contribution in [2.24, 2.45) is 5.92 Å². The van der Waals surface area contributed by atoms with E-state index in [-0.39, 0.29) is 17.8 Å². The van der Waals surface area contributed by atoms with Gasteiger partial charge < -0.3 is 14.2 Å². The molecule has 8 heteroatoms. The Kier molecular flexibility index (Phi) is 4.44. The first kappa shape index (κ1) is 19.3. The van der Waals surface area contributed by atoms with Crippen molar-refractivity contribution < 1.29 is 18.6 Å². The van der Waals surface area contributed by atoms with Gasteiger partial charge in [0.05, 0.1) is 35.9 Å². The van der Waals surface area contributed by atoms with E-state index < -0.39 is 5.79 Å². The summed E-state index contributed by atoms with van der Waals surface area (Å²) in [5, 5.41) is 4.87. The first-order chi connectivity index (χ1) is 15.6. The normalized spacial score (nSPS) is 24.7. The van der Waals surface area contributed by atoms with E-state index in [1.54, 1.807) is 22.8 Å². The highest BCUT2D eigenvalue weighted by Gasteiger charge is 2.52. The number of benzene rings is 1. The molecule has 2 saturated heterocycles. The van der Waals surface area contributed by atoms with Crippen molar-refractivity contribution in [3.8, 4) is 28.4 Å². The minimum atomic E-state index is -0.589. The molecule has 5 heterocycles. The van der Waals surface area contributed by atoms with Crippen molar-refractivity contribution in [2.75, 3.05) is 13.2 Å². The molecule has 2 aliphatic rings. The van der Waals surface area contributed by atoms with E-state index in [1.165, 1.54) is 18.5 Å². The maximum Gasteiger partial charge on any atom is 0.215 e. The number of hydrogen-bond donors (Lipinski definition) is 0. The topological polar surface area (TPSA) is 70.8 Å². The smallest absolute Gasteiger partial charge is 0.215 e. The van der Waals surface area contributed by atoms with Gasteiger partial charge in [-0.1, -0.05) is 6.07 Å². The third kappa shape index (κ3) is 3.06. The summed E-state index contributed by atoms with van der Waals surface area (Å²) in [6, 6.07) is 13.9. The Morgan fingerprint density at radius 1 is 1.12 bits per heavy atom. The number of fused-ring (bicyclic) bond motifs is 2. The van der Waals surface area contributed by atoms with Gasteiger partial charge in [0.2, 0.25) is 5.88 Å². The molecule has 1 aromatic carbocycles. The maximum absolute atomic E-state index is 13.6. The first-order valence-electron chi connectivity index (χ1n) is 10.6. The first-order valence-corrected chi connectivity index (χ1v) is 10.6. The molecule has 0 N–H and O–H groups in total. The minimum absolute atomic E-state index is 0.130. The molecule has 0 bridgehead atoms. The molecule has 32 heavy (non-hydrogen) atoms. The van der Waals surface area contributed by atoms with E-state index in [9.17, 15) is 4.39 Å². The zero-order chi connectivity index (χ0) is 21.7. The van der Waals surface area contributed by atoms with Crippen LogP contribution in [0, 0.1) is 11.7 Å². The molecule has 2 aliphatic heterocycles. The predicted molar refractivity (Wildman–Crippen MR) is 114 cm³/mol. The molecule has 0 amide bonds. The van der Waals surface area contributed by atoms with E-state index in [0.29, 0.717) is 24.8 Å². The Bertz CT molecular complexity index is 1280. The highest BCUT2D eigenvalue weighted by Crippen LogP contribution is 2.43. The van der Waals surface area contributed by atoms with Crippen molar-refractivity contribution in [3.63, 3.8) is 0 Å². The molecular formula is C24H21FN4O3. The lowest BCUT2D eigenvalue weighted by atomic mass is 9.96. The molecule has 2 fully saturated rings. The molecule has 0 spiro atoms. The molecule has 0 saturated carbocycles. The van der Waals surface area contributed by atoms with Gasteiger partial charge in [-0.15, -0.1) is 0 Å². The Morgan fingerprint density at radius 2 is 2.00 bits per heavy atom. The van der Waals surface area contributed by atoms with Crippen molar-refractivity contribution in [2.45, 2.75) is 25.2 Å². The third-order valence-corrected chi connectivity index (χ3v) is 6.32. The minimum Gasteiger partial charge on any atom is -0.471 e. The zero-order valence-electron chi connectivity index (χ0n) is 17.4. The summed E-state index contributed by atoms with van der Waals surface area (Å²) >= 11 is 0. The van der Waals surface area contributed by atoms with Crippen LogP contribution in [-0.4, -0.2) is 44.7 Å². The highest BCUT2D eigenvalue weighted by molar-refractivity contribution is 5.91. The van der Waals surface area contributed by atoms with E-state index >= 15 is 0 Å². The highest BCUT2D eigenvalue weighted by atomic mass is 19.1. The monoisotopic (exact) mass is 432 g/mol.